The van der Waals surface area contributed by atoms with Gasteiger partial charge in [0.1, 0.15) is 0 Å². The molecule has 0 saturated carbocycles. The predicted octanol–water partition coefficient (Wildman–Crippen LogP) is -2.64. The fourth-order valence-corrected chi connectivity index (χ4v) is 0. The quantitative estimate of drug-likeness (QED) is 0.165. The molecule has 0 bridgehead atoms. The lowest BCUT2D eigenvalue weighted by Crippen LogP contribution is -1.89. The lowest BCUT2D eigenvalue weighted by atomic mass is 13.6. The van der Waals surface area contributed by atoms with Gasteiger partial charge in [-0.2, -0.15) is 16.8 Å². The van der Waals surface area contributed by atoms with Crippen molar-refractivity contribution in [3.63, 3.8) is 0 Å². The van der Waals surface area contributed by atoms with Crippen molar-refractivity contribution in [2.75, 3.05) is 0 Å². The standard InChI is InChI=1S/2H3NO.2H2O4S/c2*1-2;2*1-5(2,3)4/h2*2H,1H2;2*(H2,1,2,3,4). The van der Waals surface area contributed by atoms with Crippen molar-refractivity contribution in [3.05, 3.63) is 0 Å². The Labute approximate surface area is 78.8 Å². The Hall–Kier alpha value is -0.420. The Morgan fingerprint density at radius 1 is 0.571 bits per heavy atom. The first-order valence-corrected chi connectivity index (χ1v) is 4.71. The molecule has 0 aliphatic rings. The molecule has 92 valence electrons. The summed E-state index contributed by atoms with van der Waals surface area (Å²) in [5.74, 6) is 7.00. The molecule has 0 aromatic heterocycles. The largest absolute Gasteiger partial charge is 0.394 e. The number of hydrogen-bond donors (Lipinski definition) is 8. The summed E-state index contributed by atoms with van der Waals surface area (Å²) in [6, 6.07) is 0. The summed E-state index contributed by atoms with van der Waals surface area (Å²) in [5.41, 5.74) is 0. The Kier molecular flexibility index (Phi) is 21.0. The maximum atomic E-state index is 8.74. The maximum absolute atomic E-state index is 8.74. The summed E-state index contributed by atoms with van der Waals surface area (Å²) in [6.45, 7) is 0. The first-order valence-electron chi connectivity index (χ1n) is 1.91. The number of hydrogen-bond acceptors (Lipinski definition) is 8. The third-order valence-electron chi connectivity index (χ3n) is 0. The van der Waals surface area contributed by atoms with Crippen LogP contribution in [-0.4, -0.2) is 45.5 Å². The van der Waals surface area contributed by atoms with Crippen molar-refractivity contribution < 1.29 is 45.5 Å². The molecule has 0 heterocycles. The highest BCUT2D eigenvalue weighted by Crippen LogP contribution is 1.59. The molecule has 0 amide bonds. The average molecular weight is 262 g/mol. The monoisotopic (exact) mass is 262 g/mol. The molecule has 0 spiro atoms. The molecule has 0 fully saturated rings. The molecule has 14 heavy (non-hydrogen) atoms. The Bertz CT molecular complexity index is 212. The molecular formula is H10N2O10S2. The van der Waals surface area contributed by atoms with Gasteiger partial charge in [0.25, 0.3) is 0 Å². The molecule has 0 aliphatic carbocycles. The lowest BCUT2D eigenvalue weighted by molar-refractivity contribution is 0.311. The van der Waals surface area contributed by atoms with Gasteiger partial charge in [-0.1, -0.05) is 0 Å². The zero-order chi connectivity index (χ0) is 13.0. The molecular weight excluding hydrogens is 252 g/mol. The molecule has 12 nitrogen and oxygen atoms in total. The topological polar surface area (TPSA) is 242 Å². The van der Waals surface area contributed by atoms with Gasteiger partial charge in [0.15, 0.2) is 0 Å². The normalized spacial score (nSPS) is 9.14. The Morgan fingerprint density at radius 2 is 0.571 bits per heavy atom. The average Bonchev–Trinajstić information content (AvgIpc) is 1.88. The van der Waals surface area contributed by atoms with Crippen LogP contribution in [0.4, 0.5) is 0 Å². The second-order valence-electron chi connectivity index (χ2n) is 0.896. The summed E-state index contributed by atoms with van der Waals surface area (Å²) >= 11 is 0. The fourth-order valence-electron chi connectivity index (χ4n) is 0. The molecule has 0 rings (SSSR count). The van der Waals surface area contributed by atoms with Gasteiger partial charge in [0.05, 0.1) is 0 Å². The number of nitrogens with two attached hydrogens (primary N) is 2. The van der Waals surface area contributed by atoms with Crippen LogP contribution in [0.1, 0.15) is 0 Å². The van der Waals surface area contributed by atoms with E-state index in [0.29, 0.717) is 0 Å². The van der Waals surface area contributed by atoms with Crippen molar-refractivity contribution in [1.82, 2.24) is 0 Å². The van der Waals surface area contributed by atoms with Crippen molar-refractivity contribution in [1.29, 1.82) is 0 Å². The second kappa shape index (κ2) is 12.6. The van der Waals surface area contributed by atoms with Gasteiger partial charge < -0.3 is 10.4 Å². The van der Waals surface area contributed by atoms with Crippen LogP contribution in [0.3, 0.4) is 0 Å². The predicted molar refractivity (Wildman–Crippen MR) is 40.3 cm³/mol. The van der Waals surface area contributed by atoms with Crippen LogP contribution in [0, 0.1) is 0 Å². The SMILES string of the molecule is NO.NO.O=S(=O)(O)O.O=S(=O)(O)O. The molecule has 14 heteroatoms. The van der Waals surface area contributed by atoms with Gasteiger partial charge >= 0.3 is 20.8 Å². The van der Waals surface area contributed by atoms with E-state index < -0.39 is 20.8 Å². The molecule has 0 unspecified atom stereocenters. The van der Waals surface area contributed by atoms with Gasteiger partial charge in [-0.3, -0.25) is 18.2 Å². The first kappa shape index (κ1) is 23.4. The fraction of sp³-hybridized carbons (Fsp3) is 0. The maximum Gasteiger partial charge on any atom is 0.394 e. The van der Waals surface area contributed by atoms with E-state index in [1.165, 1.54) is 0 Å². The summed E-state index contributed by atoms with van der Waals surface area (Å²) in [4.78, 5) is 0. The molecule has 0 aromatic rings. The first-order chi connectivity index (χ1) is 6.00. The van der Waals surface area contributed by atoms with Gasteiger partial charge in [0, 0.05) is 0 Å². The van der Waals surface area contributed by atoms with Crippen LogP contribution >= 0.6 is 0 Å². The second-order valence-corrected chi connectivity index (χ2v) is 2.69. The van der Waals surface area contributed by atoms with Crippen LogP contribution < -0.4 is 11.8 Å². The van der Waals surface area contributed by atoms with Crippen LogP contribution in [0.5, 0.6) is 0 Å². The van der Waals surface area contributed by atoms with E-state index in [2.05, 4.69) is 11.8 Å². The molecule has 0 atom stereocenters. The van der Waals surface area contributed by atoms with Crippen LogP contribution in [0.2, 0.25) is 0 Å². The highest BCUT2D eigenvalue weighted by Gasteiger charge is 1.85. The molecule has 10 N–H and O–H groups in total. The Balaban J connectivity index is -0.0000000528. The summed E-state index contributed by atoms with van der Waals surface area (Å²) in [5, 5.41) is 13.0. The highest BCUT2D eigenvalue weighted by molar-refractivity contribution is 7.80. The van der Waals surface area contributed by atoms with E-state index in [-0.39, 0.29) is 0 Å². The third kappa shape index (κ3) is 7350. The smallest absolute Gasteiger partial charge is 0.320 e. The van der Waals surface area contributed by atoms with Crippen molar-refractivity contribution in [2.45, 2.75) is 0 Å². The van der Waals surface area contributed by atoms with Crippen molar-refractivity contribution >= 4 is 20.8 Å². The van der Waals surface area contributed by atoms with E-state index in [0.717, 1.165) is 0 Å². The third-order valence-corrected chi connectivity index (χ3v) is 0. The molecule has 0 radical (unpaired) electrons. The van der Waals surface area contributed by atoms with Crippen molar-refractivity contribution in [2.24, 2.45) is 11.8 Å². The van der Waals surface area contributed by atoms with Gasteiger partial charge in [0.2, 0.25) is 0 Å². The van der Waals surface area contributed by atoms with E-state index >= 15 is 0 Å². The van der Waals surface area contributed by atoms with Gasteiger partial charge in [-0.15, -0.1) is 0 Å². The van der Waals surface area contributed by atoms with Crippen LogP contribution in [0.15, 0.2) is 0 Å². The molecule has 0 aromatic carbocycles. The Morgan fingerprint density at radius 3 is 0.571 bits per heavy atom. The zero-order valence-corrected chi connectivity index (χ0v) is 7.92. The van der Waals surface area contributed by atoms with E-state index in [4.69, 9.17) is 45.5 Å². The van der Waals surface area contributed by atoms with Crippen LogP contribution in [0.25, 0.3) is 0 Å². The minimum Gasteiger partial charge on any atom is -0.320 e. The summed E-state index contributed by atoms with van der Waals surface area (Å²) in [6.07, 6.45) is 0. The summed E-state index contributed by atoms with van der Waals surface area (Å²) < 4.78 is 63.2. The summed E-state index contributed by atoms with van der Waals surface area (Å²) in [7, 11) is -9.33. The minimum atomic E-state index is -4.67. The molecule has 0 saturated heterocycles. The van der Waals surface area contributed by atoms with E-state index in [1.54, 1.807) is 0 Å². The van der Waals surface area contributed by atoms with Crippen molar-refractivity contribution in [3.8, 4) is 0 Å². The highest BCUT2D eigenvalue weighted by atomic mass is 32.3. The molecule has 0 aliphatic heterocycles. The number of rotatable bonds is 0. The van der Waals surface area contributed by atoms with Gasteiger partial charge in [-0.05, 0) is 0 Å². The lowest BCUT2D eigenvalue weighted by Gasteiger charge is -1.68. The van der Waals surface area contributed by atoms with E-state index in [1.807, 2.05) is 0 Å². The van der Waals surface area contributed by atoms with Gasteiger partial charge in [-0.25, -0.2) is 11.8 Å². The zero-order valence-electron chi connectivity index (χ0n) is 6.29. The van der Waals surface area contributed by atoms with Crippen LogP contribution in [-0.2, 0) is 20.8 Å². The minimum absolute atomic E-state index is 3.50. The van der Waals surface area contributed by atoms with E-state index in [9.17, 15) is 0 Å².